The van der Waals surface area contributed by atoms with Crippen LogP contribution in [-0.4, -0.2) is 48.2 Å². The van der Waals surface area contributed by atoms with E-state index in [1.165, 1.54) is 25.7 Å². The molecule has 0 spiro atoms. The number of aromatic amines is 1. The third-order valence-electron chi connectivity index (χ3n) is 7.90. The maximum absolute atomic E-state index is 12.6. The standard InChI is InChI=1S/C22H32N4O3/c1-13-15(21(28)25-22(23-13)26-7-9-29-10-8-26)5-6-20(27)24-19-12-14-11-18(19)17-4-2-3-16(14)17/h14,16-19H,2-12H2,1H3,(H,24,27)(H,23,25,28). The molecule has 5 atom stereocenters. The van der Waals surface area contributed by atoms with Gasteiger partial charge in [-0.3, -0.25) is 14.6 Å². The number of aryl methyl sites for hydroxylation is 1. The highest BCUT2D eigenvalue weighted by Crippen LogP contribution is 2.58. The van der Waals surface area contributed by atoms with Gasteiger partial charge in [-0.05, 0) is 62.7 Å². The summed E-state index contributed by atoms with van der Waals surface area (Å²) in [5.41, 5.74) is 1.22. The molecule has 3 aliphatic carbocycles. The molecule has 5 rings (SSSR count). The van der Waals surface area contributed by atoms with Gasteiger partial charge in [0.2, 0.25) is 11.9 Å². The number of amides is 1. The van der Waals surface area contributed by atoms with Crippen LogP contribution in [0.2, 0.25) is 0 Å². The Morgan fingerprint density at radius 1 is 1.21 bits per heavy atom. The molecule has 5 unspecified atom stereocenters. The van der Waals surface area contributed by atoms with Crippen LogP contribution in [0.25, 0.3) is 0 Å². The van der Waals surface area contributed by atoms with Crippen molar-refractivity contribution >= 4 is 11.9 Å². The molecule has 7 heteroatoms. The van der Waals surface area contributed by atoms with E-state index in [0.29, 0.717) is 49.5 Å². The van der Waals surface area contributed by atoms with Gasteiger partial charge in [-0.15, -0.1) is 0 Å². The summed E-state index contributed by atoms with van der Waals surface area (Å²) in [5.74, 6) is 3.99. The SMILES string of the molecule is Cc1nc(N2CCOCC2)[nH]c(=O)c1CCC(=O)NC1CC2CC1C1CCCC21. The predicted molar refractivity (Wildman–Crippen MR) is 110 cm³/mol. The molecule has 1 saturated heterocycles. The fraction of sp³-hybridized carbons (Fsp3) is 0.773. The molecular formula is C22H32N4O3. The normalized spacial score (nSPS) is 33.1. The maximum atomic E-state index is 12.6. The van der Waals surface area contributed by atoms with Gasteiger partial charge >= 0.3 is 0 Å². The fourth-order valence-electron chi connectivity index (χ4n) is 6.57. The molecule has 4 fully saturated rings. The monoisotopic (exact) mass is 400 g/mol. The minimum absolute atomic E-state index is 0.0770. The quantitative estimate of drug-likeness (QED) is 0.787. The number of morpholine rings is 1. The van der Waals surface area contributed by atoms with E-state index in [0.717, 1.165) is 43.0 Å². The van der Waals surface area contributed by atoms with Crippen molar-refractivity contribution in [2.45, 2.75) is 57.9 Å². The number of hydrogen-bond donors (Lipinski definition) is 2. The van der Waals surface area contributed by atoms with Crippen LogP contribution in [0.1, 0.15) is 49.8 Å². The molecule has 4 aliphatic rings. The van der Waals surface area contributed by atoms with Gasteiger partial charge < -0.3 is 15.0 Å². The number of nitrogens with zero attached hydrogens (tertiary/aromatic N) is 2. The van der Waals surface area contributed by atoms with E-state index in [9.17, 15) is 9.59 Å². The number of carbonyl (C=O) groups excluding carboxylic acids is 1. The van der Waals surface area contributed by atoms with Gasteiger partial charge in [-0.2, -0.15) is 0 Å². The molecule has 0 radical (unpaired) electrons. The third-order valence-corrected chi connectivity index (χ3v) is 7.90. The Hall–Kier alpha value is -1.89. The van der Waals surface area contributed by atoms with Crippen molar-refractivity contribution in [1.29, 1.82) is 0 Å². The molecule has 2 bridgehead atoms. The van der Waals surface area contributed by atoms with Gasteiger partial charge in [-0.1, -0.05) is 6.42 Å². The average Bonchev–Trinajstić information content (AvgIpc) is 3.41. The van der Waals surface area contributed by atoms with Crippen molar-refractivity contribution in [2.75, 3.05) is 31.2 Å². The highest BCUT2D eigenvalue weighted by Gasteiger charge is 2.53. The number of hydrogen-bond acceptors (Lipinski definition) is 5. The molecule has 1 aliphatic heterocycles. The lowest BCUT2D eigenvalue weighted by Crippen LogP contribution is -2.42. The van der Waals surface area contributed by atoms with Crippen LogP contribution in [0, 0.1) is 30.6 Å². The molecule has 1 aromatic rings. The van der Waals surface area contributed by atoms with E-state index >= 15 is 0 Å². The molecule has 158 valence electrons. The van der Waals surface area contributed by atoms with Crippen LogP contribution in [0.15, 0.2) is 4.79 Å². The fourth-order valence-corrected chi connectivity index (χ4v) is 6.57. The molecule has 29 heavy (non-hydrogen) atoms. The number of H-pyrrole nitrogens is 1. The van der Waals surface area contributed by atoms with Crippen LogP contribution in [0.5, 0.6) is 0 Å². The second-order valence-electron chi connectivity index (χ2n) is 9.38. The van der Waals surface area contributed by atoms with Crippen LogP contribution in [0.3, 0.4) is 0 Å². The summed E-state index contributed by atoms with van der Waals surface area (Å²) in [5, 5.41) is 3.30. The lowest BCUT2D eigenvalue weighted by molar-refractivity contribution is -0.122. The summed E-state index contributed by atoms with van der Waals surface area (Å²) < 4.78 is 5.36. The molecule has 2 heterocycles. The summed E-state index contributed by atoms with van der Waals surface area (Å²) in [4.78, 5) is 34.7. The summed E-state index contributed by atoms with van der Waals surface area (Å²) in [6.07, 6.45) is 7.40. The first-order chi connectivity index (χ1) is 14.1. The number of nitrogens with one attached hydrogen (secondary N) is 2. The minimum Gasteiger partial charge on any atom is -0.378 e. The van der Waals surface area contributed by atoms with Crippen molar-refractivity contribution in [3.63, 3.8) is 0 Å². The smallest absolute Gasteiger partial charge is 0.255 e. The van der Waals surface area contributed by atoms with Crippen LogP contribution in [0.4, 0.5) is 5.95 Å². The van der Waals surface area contributed by atoms with Gasteiger partial charge in [0.05, 0.1) is 13.2 Å². The first-order valence-corrected chi connectivity index (χ1v) is 11.3. The number of fused-ring (bicyclic) bond motifs is 5. The summed E-state index contributed by atoms with van der Waals surface area (Å²) in [6.45, 7) is 4.62. The number of aromatic nitrogens is 2. The summed E-state index contributed by atoms with van der Waals surface area (Å²) in [7, 11) is 0. The largest absolute Gasteiger partial charge is 0.378 e. The third kappa shape index (κ3) is 3.58. The molecular weight excluding hydrogens is 368 g/mol. The van der Waals surface area contributed by atoms with Crippen molar-refractivity contribution in [1.82, 2.24) is 15.3 Å². The van der Waals surface area contributed by atoms with Crippen molar-refractivity contribution < 1.29 is 9.53 Å². The topological polar surface area (TPSA) is 87.3 Å². The maximum Gasteiger partial charge on any atom is 0.255 e. The van der Waals surface area contributed by atoms with Gasteiger partial charge in [-0.25, -0.2) is 4.98 Å². The highest BCUT2D eigenvalue weighted by atomic mass is 16.5. The zero-order chi connectivity index (χ0) is 20.0. The minimum atomic E-state index is -0.125. The van der Waals surface area contributed by atoms with Gasteiger partial charge in [0.1, 0.15) is 0 Å². The molecule has 7 nitrogen and oxygen atoms in total. The predicted octanol–water partition coefficient (Wildman–Crippen LogP) is 1.79. The molecule has 3 saturated carbocycles. The second-order valence-corrected chi connectivity index (χ2v) is 9.38. The Labute approximate surface area is 171 Å². The molecule has 0 aromatic carbocycles. The van der Waals surface area contributed by atoms with Crippen molar-refractivity contribution in [2.24, 2.45) is 23.7 Å². The zero-order valence-corrected chi connectivity index (χ0v) is 17.3. The van der Waals surface area contributed by atoms with Gasteiger partial charge in [0.15, 0.2) is 0 Å². The van der Waals surface area contributed by atoms with E-state index in [1.54, 1.807) is 0 Å². The summed E-state index contributed by atoms with van der Waals surface area (Å²) in [6, 6.07) is 0.355. The number of rotatable bonds is 5. The first-order valence-electron chi connectivity index (χ1n) is 11.3. The van der Waals surface area contributed by atoms with E-state index < -0.39 is 0 Å². The molecule has 1 aromatic heterocycles. The average molecular weight is 401 g/mol. The number of ether oxygens (including phenoxy) is 1. The van der Waals surface area contributed by atoms with E-state index in [4.69, 9.17) is 4.74 Å². The Bertz CT molecular complexity index is 832. The lowest BCUT2D eigenvalue weighted by atomic mass is 9.79. The van der Waals surface area contributed by atoms with E-state index in [-0.39, 0.29) is 11.5 Å². The van der Waals surface area contributed by atoms with Crippen molar-refractivity contribution in [3.8, 4) is 0 Å². The van der Waals surface area contributed by atoms with Crippen LogP contribution >= 0.6 is 0 Å². The van der Waals surface area contributed by atoms with Crippen molar-refractivity contribution in [3.05, 3.63) is 21.6 Å². The van der Waals surface area contributed by atoms with E-state index in [1.807, 2.05) is 11.8 Å². The Kier molecular flexibility index (Phi) is 5.10. The lowest BCUT2D eigenvalue weighted by Gasteiger charge is -2.32. The Morgan fingerprint density at radius 2 is 2.00 bits per heavy atom. The molecule has 1 amide bonds. The summed E-state index contributed by atoms with van der Waals surface area (Å²) >= 11 is 0. The number of anilines is 1. The first kappa shape index (κ1) is 19.1. The van der Waals surface area contributed by atoms with Crippen LogP contribution in [-0.2, 0) is 16.0 Å². The Balaban J connectivity index is 1.18. The molecule has 2 N–H and O–H groups in total. The Morgan fingerprint density at radius 3 is 2.79 bits per heavy atom. The van der Waals surface area contributed by atoms with Gasteiger partial charge in [0.25, 0.3) is 5.56 Å². The van der Waals surface area contributed by atoms with Gasteiger partial charge in [0, 0.05) is 36.8 Å². The zero-order valence-electron chi connectivity index (χ0n) is 17.3. The van der Waals surface area contributed by atoms with E-state index in [2.05, 4.69) is 15.3 Å². The highest BCUT2D eigenvalue weighted by molar-refractivity contribution is 5.76. The second kappa shape index (κ2) is 7.74. The number of carbonyl (C=O) groups is 1. The van der Waals surface area contributed by atoms with Crippen LogP contribution < -0.4 is 15.8 Å².